The van der Waals surface area contributed by atoms with E-state index in [0.29, 0.717) is 48.8 Å². The second-order valence-electron chi connectivity index (χ2n) is 7.39. The summed E-state index contributed by atoms with van der Waals surface area (Å²) >= 11 is 5.18. The molecular weight excluding hydrogens is 445 g/mol. The molecule has 8 heteroatoms. The maximum atomic E-state index is 14.7. The van der Waals surface area contributed by atoms with Gasteiger partial charge in [-0.2, -0.15) is 5.26 Å². The van der Waals surface area contributed by atoms with E-state index in [2.05, 4.69) is 16.1 Å². The van der Waals surface area contributed by atoms with Crippen LogP contribution in [-0.2, 0) is 20.8 Å². The maximum Gasteiger partial charge on any atom is 0.211 e. The van der Waals surface area contributed by atoms with Gasteiger partial charge in [-0.25, -0.2) is 4.39 Å². The number of nitrogens with zero attached hydrogens (tertiary/aromatic N) is 2. The number of carbonyl (C=O) groups is 1. The first kappa shape index (κ1) is 26.2. The van der Waals surface area contributed by atoms with Crippen molar-refractivity contribution in [1.82, 2.24) is 4.57 Å². The average Bonchev–Trinajstić information content (AvgIpc) is 2.95. The van der Waals surface area contributed by atoms with Gasteiger partial charge in [0.05, 0.1) is 24.0 Å². The molecule has 0 spiro atoms. The van der Waals surface area contributed by atoms with Gasteiger partial charge in [0, 0.05) is 47.8 Å². The molecule has 0 bridgehead atoms. The van der Waals surface area contributed by atoms with Gasteiger partial charge in [-0.15, -0.1) is 11.6 Å². The van der Waals surface area contributed by atoms with Crippen LogP contribution >= 0.6 is 11.6 Å². The highest BCUT2D eigenvalue weighted by Crippen LogP contribution is 2.27. The molecule has 1 aromatic carbocycles. The van der Waals surface area contributed by atoms with Crippen LogP contribution in [0.1, 0.15) is 32.8 Å². The van der Waals surface area contributed by atoms with Crippen molar-refractivity contribution in [2.24, 2.45) is 0 Å². The molecule has 0 aliphatic heterocycles. The molecule has 1 amide bonds. The number of alkyl halides is 1. The van der Waals surface area contributed by atoms with Gasteiger partial charge in [-0.3, -0.25) is 4.79 Å². The minimum atomic E-state index is -0.449. The van der Waals surface area contributed by atoms with Crippen molar-refractivity contribution in [3.63, 3.8) is 0 Å². The molecule has 1 aliphatic carbocycles. The van der Waals surface area contributed by atoms with E-state index in [0.717, 1.165) is 16.3 Å². The van der Waals surface area contributed by atoms with Crippen LogP contribution in [0.3, 0.4) is 0 Å². The SMILES string of the molecule is CCn1c(-c2cc(NC=O)ccc2F)c(C#N)c2c1=CCC(OC(C)C)=CC=2.COCCCl. The summed E-state index contributed by atoms with van der Waals surface area (Å²) in [6, 6.07) is 6.57. The topological polar surface area (TPSA) is 76.3 Å². The number of fused-ring (bicyclic) bond motifs is 1. The third-order valence-corrected chi connectivity index (χ3v) is 4.97. The summed E-state index contributed by atoms with van der Waals surface area (Å²) in [6.07, 6.45) is 6.92. The third kappa shape index (κ3) is 6.47. The Labute approximate surface area is 198 Å². The number of hydrogen-bond acceptors (Lipinski definition) is 4. The van der Waals surface area contributed by atoms with Gasteiger partial charge in [0.25, 0.3) is 0 Å². The second-order valence-corrected chi connectivity index (χ2v) is 7.77. The Bertz CT molecular complexity index is 1160. The van der Waals surface area contributed by atoms with Gasteiger partial charge in [0.15, 0.2) is 0 Å². The van der Waals surface area contributed by atoms with Crippen LogP contribution in [0, 0.1) is 17.1 Å². The third-order valence-electron chi connectivity index (χ3n) is 4.82. The van der Waals surface area contributed by atoms with E-state index in [1.54, 1.807) is 13.2 Å². The standard InChI is InChI=1S/C22H22FN3O2.C3H7ClO/c1-4-26-21-10-7-16(28-14(2)3)6-8-17(21)19(12-24)22(26)18-11-15(25-13-27)5-9-20(18)23;1-5-3-2-4/h5-6,8-11,13-14H,4,7H2,1-3H3,(H,25,27);2-3H2,1H3. The summed E-state index contributed by atoms with van der Waals surface area (Å²) in [5.41, 5.74) is 1.66. The van der Waals surface area contributed by atoms with Crippen molar-refractivity contribution in [3.8, 4) is 17.3 Å². The number of anilines is 1. The van der Waals surface area contributed by atoms with E-state index >= 15 is 0 Å². The smallest absolute Gasteiger partial charge is 0.211 e. The van der Waals surface area contributed by atoms with Crippen molar-refractivity contribution >= 4 is 35.9 Å². The molecule has 0 saturated carbocycles. The molecule has 0 atom stereocenters. The minimum absolute atomic E-state index is 0.0620. The van der Waals surface area contributed by atoms with Crippen LogP contribution in [-0.4, -0.2) is 36.7 Å². The van der Waals surface area contributed by atoms with Gasteiger partial charge in [-0.1, -0.05) is 6.08 Å². The number of benzene rings is 1. The first-order valence-electron chi connectivity index (χ1n) is 10.7. The lowest BCUT2D eigenvalue weighted by molar-refractivity contribution is -0.105. The Morgan fingerprint density at radius 1 is 1.36 bits per heavy atom. The normalized spacial score (nSPS) is 12.1. The number of nitriles is 1. The number of nitrogens with one attached hydrogen (secondary N) is 1. The van der Waals surface area contributed by atoms with E-state index in [4.69, 9.17) is 16.3 Å². The quantitative estimate of drug-likeness (QED) is 0.466. The van der Waals surface area contributed by atoms with Gasteiger partial charge in [0.2, 0.25) is 6.41 Å². The summed E-state index contributed by atoms with van der Waals surface area (Å²) in [5.74, 6) is 0.966. The molecule has 0 unspecified atom stereocenters. The second kappa shape index (κ2) is 12.8. The zero-order chi connectivity index (χ0) is 24.4. The van der Waals surface area contributed by atoms with Gasteiger partial charge in [-0.05, 0) is 51.1 Å². The lowest BCUT2D eigenvalue weighted by atomic mass is 10.1. The van der Waals surface area contributed by atoms with Gasteiger partial charge >= 0.3 is 0 Å². The van der Waals surface area contributed by atoms with Crippen LogP contribution < -0.4 is 15.9 Å². The van der Waals surface area contributed by atoms with Gasteiger partial charge in [0.1, 0.15) is 17.6 Å². The molecule has 0 saturated heterocycles. The predicted octanol–water partition coefficient (Wildman–Crippen LogP) is 3.90. The number of methoxy groups -OCH3 is 1. The Kier molecular flexibility index (Phi) is 10.2. The first-order chi connectivity index (χ1) is 15.9. The van der Waals surface area contributed by atoms with Crippen LogP contribution in [0.2, 0.25) is 0 Å². The summed E-state index contributed by atoms with van der Waals surface area (Å²) in [5, 5.41) is 14.0. The molecular formula is C25H29ClFN3O3. The van der Waals surface area contributed by atoms with Crippen molar-refractivity contribution in [2.75, 3.05) is 24.9 Å². The van der Waals surface area contributed by atoms with Gasteiger partial charge < -0.3 is 19.4 Å². The van der Waals surface area contributed by atoms with Crippen LogP contribution in [0.5, 0.6) is 0 Å². The van der Waals surface area contributed by atoms with E-state index in [1.807, 2.05) is 43.6 Å². The van der Waals surface area contributed by atoms with Crippen molar-refractivity contribution in [2.45, 2.75) is 39.8 Å². The van der Waals surface area contributed by atoms with Crippen molar-refractivity contribution in [3.05, 3.63) is 52.0 Å². The number of allylic oxidation sites excluding steroid dienone is 2. The molecule has 1 N–H and O–H groups in total. The van der Waals surface area contributed by atoms with Crippen molar-refractivity contribution < 1.29 is 18.7 Å². The van der Waals surface area contributed by atoms with Crippen LogP contribution in [0.4, 0.5) is 10.1 Å². The fraction of sp³-hybridized carbons (Fsp3) is 0.360. The molecule has 1 aromatic heterocycles. The van der Waals surface area contributed by atoms with Crippen LogP contribution in [0.25, 0.3) is 23.4 Å². The number of halogens is 2. The summed E-state index contributed by atoms with van der Waals surface area (Å²) in [6.45, 7) is 7.10. The number of ether oxygens (including phenoxy) is 2. The molecule has 176 valence electrons. The highest BCUT2D eigenvalue weighted by Gasteiger charge is 2.20. The zero-order valence-electron chi connectivity index (χ0n) is 19.3. The molecule has 2 aromatic rings. The Morgan fingerprint density at radius 2 is 2.12 bits per heavy atom. The number of carbonyl (C=O) groups excluding carboxylic acids is 1. The fourth-order valence-corrected chi connectivity index (χ4v) is 3.69. The minimum Gasteiger partial charge on any atom is -0.495 e. The van der Waals surface area contributed by atoms with Crippen LogP contribution in [0.15, 0.2) is 30.0 Å². The molecule has 1 aliphatic rings. The highest BCUT2D eigenvalue weighted by atomic mass is 35.5. The first-order valence-corrected chi connectivity index (χ1v) is 11.2. The summed E-state index contributed by atoms with van der Waals surface area (Å²) < 4.78 is 27.0. The number of hydrogen-bond donors (Lipinski definition) is 1. The lowest BCUT2D eigenvalue weighted by Gasteiger charge is -2.12. The summed E-state index contributed by atoms with van der Waals surface area (Å²) in [4.78, 5) is 10.8. The zero-order valence-corrected chi connectivity index (χ0v) is 20.1. The number of amides is 1. The van der Waals surface area contributed by atoms with E-state index < -0.39 is 5.82 Å². The van der Waals surface area contributed by atoms with E-state index in [-0.39, 0.29) is 11.7 Å². The predicted molar refractivity (Wildman–Crippen MR) is 130 cm³/mol. The maximum absolute atomic E-state index is 14.7. The highest BCUT2D eigenvalue weighted by molar-refractivity contribution is 6.17. The number of aromatic nitrogens is 1. The van der Waals surface area contributed by atoms with E-state index in [1.165, 1.54) is 12.1 Å². The molecule has 33 heavy (non-hydrogen) atoms. The van der Waals surface area contributed by atoms with Crippen molar-refractivity contribution in [1.29, 1.82) is 5.26 Å². The fourth-order valence-electron chi connectivity index (χ4n) is 3.54. The Hall–Kier alpha value is -3.08. The Morgan fingerprint density at radius 3 is 2.67 bits per heavy atom. The lowest BCUT2D eigenvalue weighted by Crippen LogP contribution is -2.29. The molecule has 0 radical (unpaired) electrons. The molecule has 1 heterocycles. The Balaban J connectivity index is 0.000000696. The largest absolute Gasteiger partial charge is 0.495 e. The van der Waals surface area contributed by atoms with E-state index in [9.17, 15) is 14.4 Å². The molecule has 3 rings (SSSR count). The molecule has 0 fully saturated rings. The molecule has 6 nitrogen and oxygen atoms in total. The number of rotatable bonds is 8. The summed E-state index contributed by atoms with van der Waals surface area (Å²) in [7, 11) is 1.63. The average molecular weight is 474 g/mol. The monoisotopic (exact) mass is 473 g/mol.